The molecule has 0 unspecified atom stereocenters. The van der Waals surface area contributed by atoms with Gasteiger partial charge in [-0.05, 0) is 13.0 Å². The Balaban J connectivity index is 2.79. The maximum Gasteiger partial charge on any atom is 0.431 e. The molecule has 0 aromatic carbocycles. The van der Waals surface area contributed by atoms with Gasteiger partial charge in [-0.3, -0.25) is 4.40 Å². The maximum atomic E-state index is 12.7. The van der Waals surface area contributed by atoms with Gasteiger partial charge in [-0.25, -0.2) is 14.8 Å². The number of halogens is 3. The summed E-state index contributed by atoms with van der Waals surface area (Å²) in [6.45, 7) is 1.38. The van der Waals surface area contributed by atoms with Gasteiger partial charge in [0.15, 0.2) is 5.69 Å². The SMILES string of the molecule is Cc1cc(C(F)(F)F)n2cc(C(=O)O)nc2n1. The first kappa shape index (κ1) is 11.4. The number of nitrogens with zero attached hydrogens (tertiary/aromatic N) is 3. The second kappa shape index (κ2) is 3.44. The Bertz CT molecular complexity index is 603. The molecule has 1 N–H and O–H groups in total. The summed E-state index contributed by atoms with van der Waals surface area (Å²) < 4.78 is 38.7. The highest BCUT2D eigenvalue weighted by atomic mass is 19.4. The number of carbonyl (C=O) groups is 1. The van der Waals surface area contributed by atoms with E-state index < -0.39 is 23.5 Å². The third-order valence-electron chi connectivity index (χ3n) is 2.08. The van der Waals surface area contributed by atoms with Crippen molar-refractivity contribution in [3.8, 4) is 0 Å². The first-order chi connectivity index (χ1) is 7.79. The van der Waals surface area contributed by atoms with Crippen LogP contribution in [0.5, 0.6) is 0 Å². The molecule has 2 rings (SSSR count). The third kappa shape index (κ3) is 1.93. The van der Waals surface area contributed by atoms with Crippen molar-refractivity contribution in [2.45, 2.75) is 13.1 Å². The topological polar surface area (TPSA) is 67.5 Å². The highest BCUT2D eigenvalue weighted by Gasteiger charge is 2.34. The summed E-state index contributed by atoms with van der Waals surface area (Å²) >= 11 is 0. The quantitative estimate of drug-likeness (QED) is 0.831. The molecule has 0 aliphatic carbocycles. The predicted octanol–water partition coefficient (Wildman–Crippen LogP) is 1.75. The van der Waals surface area contributed by atoms with E-state index in [1.54, 1.807) is 0 Å². The summed E-state index contributed by atoms with van der Waals surface area (Å²) in [4.78, 5) is 17.9. The Morgan fingerprint density at radius 1 is 1.41 bits per heavy atom. The van der Waals surface area contributed by atoms with Gasteiger partial charge in [0.25, 0.3) is 0 Å². The van der Waals surface area contributed by atoms with Gasteiger partial charge in [0, 0.05) is 11.9 Å². The Hall–Kier alpha value is -2.12. The van der Waals surface area contributed by atoms with Crippen LogP contribution >= 0.6 is 0 Å². The Morgan fingerprint density at radius 2 is 2.06 bits per heavy atom. The molecule has 0 radical (unpaired) electrons. The standard InChI is InChI=1S/C9H6F3N3O2/c1-4-2-6(9(10,11)12)15-3-5(7(16)17)14-8(15)13-4/h2-3H,1H3,(H,16,17). The number of imidazole rings is 1. The molecular formula is C9H6F3N3O2. The lowest BCUT2D eigenvalue weighted by Crippen LogP contribution is -2.12. The smallest absolute Gasteiger partial charge is 0.431 e. The molecule has 8 heteroatoms. The van der Waals surface area contributed by atoms with Gasteiger partial charge in [-0.1, -0.05) is 0 Å². The third-order valence-corrected chi connectivity index (χ3v) is 2.08. The molecule has 0 saturated carbocycles. The second-order valence-corrected chi connectivity index (χ2v) is 3.38. The summed E-state index contributed by atoms with van der Waals surface area (Å²) in [5.41, 5.74) is -1.36. The molecule has 17 heavy (non-hydrogen) atoms. The number of aromatic carboxylic acids is 1. The van der Waals surface area contributed by atoms with Crippen molar-refractivity contribution in [3.63, 3.8) is 0 Å². The summed E-state index contributed by atoms with van der Waals surface area (Å²) in [5.74, 6) is -1.68. The first-order valence-corrected chi connectivity index (χ1v) is 4.46. The van der Waals surface area contributed by atoms with Crippen molar-refractivity contribution in [2.75, 3.05) is 0 Å². The largest absolute Gasteiger partial charge is 0.476 e. The number of hydrogen-bond donors (Lipinski definition) is 1. The molecule has 0 spiro atoms. The first-order valence-electron chi connectivity index (χ1n) is 4.46. The van der Waals surface area contributed by atoms with Crippen LogP contribution in [0.25, 0.3) is 5.78 Å². The van der Waals surface area contributed by atoms with Crippen LogP contribution in [0, 0.1) is 6.92 Å². The van der Waals surface area contributed by atoms with Gasteiger partial charge >= 0.3 is 12.1 Å². The lowest BCUT2D eigenvalue weighted by atomic mass is 10.3. The minimum absolute atomic E-state index is 0.118. The van der Waals surface area contributed by atoms with E-state index in [1.165, 1.54) is 6.92 Å². The summed E-state index contributed by atoms with van der Waals surface area (Å²) in [6.07, 6.45) is -3.80. The van der Waals surface area contributed by atoms with E-state index in [4.69, 9.17) is 5.11 Å². The highest BCUT2D eigenvalue weighted by Crippen LogP contribution is 2.29. The van der Waals surface area contributed by atoms with Crippen molar-refractivity contribution < 1.29 is 23.1 Å². The molecule has 0 saturated heterocycles. The zero-order valence-electron chi connectivity index (χ0n) is 8.49. The Morgan fingerprint density at radius 3 is 2.59 bits per heavy atom. The minimum Gasteiger partial charge on any atom is -0.476 e. The number of alkyl halides is 3. The lowest BCUT2D eigenvalue weighted by Gasteiger charge is -2.09. The van der Waals surface area contributed by atoms with Crippen molar-refractivity contribution in [2.24, 2.45) is 0 Å². The molecule has 0 atom stereocenters. The van der Waals surface area contributed by atoms with E-state index in [0.717, 1.165) is 12.3 Å². The van der Waals surface area contributed by atoms with Crippen LogP contribution in [0.2, 0.25) is 0 Å². The molecule has 0 amide bonds. The number of fused-ring (bicyclic) bond motifs is 1. The molecule has 0 aliphatic rings. The van der Waals surface area contributed by atoms with Gasteiger partial charge < -0.3 is 5.11 Å². The minimum atomic E-state index is -4.59. The number of rotatable bonds is 1. The van der Waals surface area contributed by atoms with E-state index in [0.29, 0.717) is 4.40 Å². The fraction of sp³-hybridized carbons (Fsp3) is 0.222. The van der Waals surface area contributed by atoms with Crippen LogP contribution in [0.15, 0.2) is 12.3 Å². The molecule has 0 fully saturated rings. The molecule has 2 aromatic rings. The Kier molecular flexibility index (Phi) is 2.30. The summed E-state index contributed by atoms with van der Waals surface area (Å²) in [7, 11) is 0. The fourth-order valence-electron chi connectivity index (χ4n) is 1.41. The zero-order chi connectivity index (χ0) is 12.8. The average Bonchev–Trinajstić information content (AvgIpc) is 2.58. The molecule has 0 aliphatic heterocycles. The highest BCUT2D eigenvalue weighted by molar-refractivity contribution is 5.85. The second-order valence-electron chi connectivity index (χ2n) is 3.38. The van der Waals surface area contributed by atoms with E-state index in [9.17, 15) is 18.0 Å². The number of hydrogen-bond acceptors (Lipinski definition) is 3. The van der Waals surface area contributed by atoms with Crippen molar-refractivity contribution >= 4 is 11.7 Å². The van der Waals surface area contributed by atoms with Gasteiger partial charge in [-0.2, -0.15) is 13.2 Å². The van der Waals surface area contributed by atoms with Crippen molar-refractivity contribution in [1.29, 1.82) is 0 Å². The van der Waals surface area contributed by atoms with Crippen LogP contribution in [-0.2, 0) is 6.18 Å². The van der Waals surface area contributed by atoms with E-state index in [2.05, 4.69) is 9.97 Å². The van der Waals surface area contributed by atoms with Crippen LogP contribution in [0.1, 0.15) is 21.9 Å². The van der Waals surface area contributed by atoms with Crippen LogP contribution in [0.4, 0.5) is 13.2 Å². The monoisotopic (exact) mass is 245 g/mol. The Labute approximate surface area is 92.5 Å². The molecule has 2 aromatic heterocycles. The molecule has 2 heterocycles. The zero-order valence-corrected chi connectivity index (χ0v) is 8.49. The van der Waals surface area contributed by atoms with Gasteiger partial charge in [0.2, 0.25) is 5.78 Å². The van der Waals surface area contributed by atoms with Gasteiger partial charge in [0.1, 0.15) is 5.69 Å². The normalized spacial score (nSPS) is 12.0. The van der Waals surface area contributed by atoms with E-state index in [1.807, 2.05) is 0 Å². The van der Waals surface area contributed by atoms with E-state index >= 15 is 0 Å². The summed E-state index contributed by atoms with van der Waals surface area (Å²) in [6, 6.07) is 0.834. The van der Waals surface area contributed by atoms with Gasteiger partial charge in [0.05, 0.1) is 0 Å². The van der Waals surface area contributed by atoms with Crippen LogP contribution in [-0.4, -0.2) is 25.4 Å². The van der Waals surface area contributed by atoms with Crippen molar-refractivity contribution in [1.82, 2.24) is 14.4 Å². The number of aryl methyl sites for hydroxylation is 1. The molecule has 90 valence electrons. The fourth-order valence-corrected chi connectivity index (χ4v) is 1.41. The molecule has 0 bridgehead atoms. The summed E-state index contributed by atoms with van der Waals surface area (Å²) in [5, 5.41) is 8.66. The molecule has 5 nitrogen and oxygen atoms in total. The number of carboxylic acid groups (broad SMARTS) is 1. The van der Waals surface area contributed by atoms with Gasteiger partial charge in [-0.15, -0.1) is 0 Å². The van der Waals surface area contributed by atoms with Crippen molar-refractivity contribution in [3.05, 3.63) is 29.3 Å². The maximum absolute atomic E-state index is 12.7. The van der Waals surface area contributed by atoms with E-state index in [-0.39, 0.29) is 11.5 Å². The van der Waals surface area contributed by atoms with Crippen LogP contribution < -0.4 is 0 Å². The number of carboxylic acids is 1. The average molecular weight is 245 g/mol. The van der Waals surface area contributed by atoms with Crippen LogP contribution in [0.3, 0.4) is 0 Å². The lowest BCUT2D eigenvalue weighted by molar-refractivity contribution is -0.142. The predicted molar refractivity (Wildman–Crippen MR) is 49.7 cm³/mol. The molecular weight excluding hydrogens is 239 g/mol. The number of aromatic nitrogens is 3.